The number of guanidine groups is 1. The lowest BCUT2D eigenvalue weighted by atomic mass is 9.93. The van der Waals surface area contributed by atoms with Gasteiger partial charge in [0.2, 0.25) is 0 Å². The zero-order chi connectivity index (χ0) is 20.2. The molecule has 2 saturated heterocycles. The number of ether oxygens (including phenoxy) is 2. The van der Waals surface area contributed by atoms with E-state index < -0.39 is 0 Å². The third-order valence-electron chi connectivity index (χ3n) is 6.47. The Morgan fingerprint density at radius 1 is 1.07 bits per heavy atom. The molecule has 2 rings (SSSR count). The van der Waals surface area contributed by atoms with Crippen LogP contribution in [0, 0.1) is 5.92 Å². The zero-order valence-electron chi connectivity index (χ0n) is 19.2. The molecule has 1 atom stereocenters. The molecule has 172 valence electrons. The molecule has 6 nitrogen and oxygen atoms in total. The molecule has 0 aromatic heterocycles. The largest absolute Gasteiger partial charge is 0.385 e. The van der Waals surface area contributed by atoms with Crippen LogP contribution in [0.4, 0.5) is 0 Å². The first-order chi connectivity index (χ1) is 13.7. The zero-order valence-corrected chi connectivity index (χ0v) is 21.5. The van der Waals surface area contributed by atoms with E-state index in [0.717, 1.165) is 64.0 Å². The Kier molecular flexibility index (Phi) is 14.5. The number of likely N-dealkylation sites (tertiary alicyclic amines) is 2. The van der Waals surface area contributed by atoms with Gasteiger partial charge in [-0.1, -0.05) is 26.7 Å². The summed E-state index contributed by atoms with van der Waals surface area (Å²) in [6, 6.07) is 0.621. The molecule has 0 saturated carbocycles. The number of nitrogens with one attached hydrogen (secondary N) is 1. The minimum Gasteiger partial charge on any atom is -0.385 e. The average molecular weight is 525 g/mol. The second-order valence-electron chi connectivity index (χ2n) is 8.22. The van der Waals surface area contributed by atoms with Gasteiger partial charge in [-0.25, -0.2) is 0 Å². The third-order valence-corrected chi connectivity index (χ3v) is 6.47. The van der Waals surface area contributed by atoms with Gasteiger partial charge in [-0.15, -0.1) is 24.0 Å². The number of aliphatic imine (C=N–C) groups is 1. The highest BCUT2D eigenvalue weighted by molar-refractivity contribution is 14.0. The van der Waals surface area contributed by atoms with Gasteiger partial charge in [-0.2, -0.15) is 0 Å². The van der Waals surface area contributed by atoms with Gasteiger partial charge < -0.3 is 19.7 Å². The summed E-state index contributed by atoms with van der Waals surface area (Å²) in [5, 5.41) is 3.72. The van der Waals surface area contributed by atoms with Crippen molar-refractivity contribution < 1.29 is 9.47 Å². The maximum atomic E-state index is 6.00. The molecular formula is C22H45IN4O2. The third kappa shape index (κ3) is 8.87. The summed E-state index contributed by atoms with van der Waals surface area (Å²) < 4.78 is 11.1. The fraction of sp³-hybridized carbons (Fsp3) is 0.955. The van der Waals surface area contributed by atoms with E-state index in [0.29, 0.717) is 12.1 Å². The number of piperidine rings is 1. The Bertz CT molecular complexity index is 433. The highest BCUT2D eigenvalue weighted by Crippen LogP contribution is 2.22. The van der Waals surface area contributed by atoms with Crippen LogP contribution < -0.4 is 5.32 Å². The van der Waals surface area contributed by atoms with Gasteiger partial charge in [0.25, 0.3) is 0 Å². The van der Waals surface area contributed by atoms with E-state index in [2.05, 4.69) is 34.0 Å². The summed E-state index contributed by atoms with van der Waals surface area (Å²) >= 11 is 0. The van der Waals surface area contributed by atoms with Crippen molar-refractivity contribution in [3.8, 4) is 0 Å². The number of hydrogen-bond donors (Lipinski definition) is 1. The summed E-state index contributed by atoms with van der Waals surface area (Å²) in [5.41, 5.74) is 0. The predicted molar refractivity (Wildman–Crippen MR) is 132 cm³/mol. The van der Waals surface area contributed by atoms with E-state index in [-0.39, 0.29) is 24.0 Å². The number of halogens is 1. The Balaban J connectivity index is 0.00000420. The molecular weight excluding hydrogens is 479 g/mol. The van der Waals surface area contributed by atoms with E-state index in [4.69, 9.17) is 9.47 Å². The molecule has 0 aromatic carbocycles. The van der Waals surface area contributed by atoms with E-state index in [1.807, 2.05) is 7.05 Å². The number of nitrogens with zero attached hydrogens (tertiary/aromatic N) is 3. The minimum absolute atomic E-state index is 0. The molecule has 0 aromatic rings. The van der Waals surface area contributed by atoms with Gasteiger partial charge in [0.1, 0.15) is 0 Å². The number of rotatable bonds is 11. The lowest BCUT2D eigenvalue weighted by molar-refractivity contribution is 0.00982. The van der Waals surface area contributed by atoms with Crippen LogP contribution in [-0.4, -0.2) is 88.0 Å². The van der Waals surface area contributed by atoms with Crippen molar-refractivity contribution >= 4 is 29.9 Å². The highest BCUT2D eigenvalue weighted by atomic mass is 127. The molecule has 0 amide bonds. The molecule has 29 heavy (non-hydrogen) atoms. The molecule has 0 bridgehead atoms. The van der Waals surface area contributed by atoms with Crippen molar-refractivity contribution in [2.24, 2.45) is 10.9 Å². The van der Waals surface area contributed by atoms with Crippen LogP contribution >= 0.6 is 24.0 Å². The van der Waals surface area contributed by atoms with E-state index in [9.17, 15) is 0 Å². The van der Waals surface area contributed by atoms with Gasteiger partial charge in [0.05, 0.1) is 6.10 Å². The van der Waals surface area contributed by atoms with Crippen LogP contribution in [0.2, 0.25) is 0 Å². The Hall–Kier alpha value is -0.120. The van der Waals surface area contributed by atoms with Crippen LogP contribution in [0.5, 0.6) is 0 Å². The van der Waals surface area contributed by atoms with Crippen molar-refractivity contribution in [3.05, 3.63) is 0 Å². The fourth-order valence-electron chi connectivity index (χ4n) is 4.72. The standard InChI is InChI=1S/C22H44N4O2.HI/c1-5-19(6-2)21(25-12-7-8-13-25)18-24-22(23-3)26-14-10-20(11-15-26)28-17-9-16-27-4;/h19-21H,5-18H2,1-4H3,(H,23,24);1H. The first kappa shape index (κ1) is 26.9. The Morgan fingerprint density at radius 2 is 1.72 bits per heavy atom. The first-order valence-corrected chi connectivity index (χ1v) is 11.5. The van der Waals surface area contributed by atoms with Crippen molar-refractivity contribution in [3.63, 3.8) is 0 Å². The summed E-state index contributed by atoms with van der Waals surface area (Å²) in [6.07, 6.45) is 8.73. The molecule has 1 N–H and O–H groups in total. The van der Waals surface area contributed by atoms with Gasteiger partial charge in [0, 0.05) is 53.0 Å². The highest BCUT2D eigenvalue weighted by Gasteiger charge is 2.28. The minimum atomic E-state index is 0. The molecule has 7 heteroatoms. The topological polar surface area (TPSA) is 49.3 Å². The van der Waals surface area contributed by atoms with Crippen LogP contribution in [0.25, 0.3) is 0 Å². The predicted octanol–water partition coefficient (Wildman–Crippen LogP) is 3.60. The molecule has 0 radical (unpaired) electrons. The van der Waals surface area contributed by atoms with E-state index >= 15 is 0 Å². The maximum absolute atomic E-state index is 6.00. The molecule has 0 spiro atoms. The van der Waals surface area contributed by atoms with Crippen LogP contribution in [0.1, 0.15) is 58.8 Å². The molecule has 2 aliphatic rings. The van der Waals surface area contributed by atoms with Gasteiger partial charge >= 0.3 is 0 Å². The van der Waals surface area contributed by atoms with Crippen molar-refractivity contribution in [1.82, 2.24) is 15.1 Å². The number of hydrogen-bond acceptors (Lipinski definition) is 4. The summed E-state index contributed by atoms with van der Waals surface area (Å²) in [7, 11) is 3.66. The Morgan fingerprint density at radius 3 is 2.28 bits per heavy atom. The second-order valence-corrected chi connectivity index (χ2v) is 8.22. The first-order valence-electron chi connectivity index (χ1n) is 11.5. The summed E-state index contributed by atoms with van der Waals surface area (Å²) in [5.74, 6) is 1.82. The van der Waals surface area contributed by atoms with Gasteiger partial charge in [-0.3, -0.25) is 9.89 Å². The number of methoxy groups -OCH3 is 1. The summed E-state index contributed by atoms with van der Waals surface area (Å²) in [6.45, 7) is 11.8. The van der Waals surface area contributed by atoms with E-state index in [1.165, 1.54) is 38.8 Å². The Labute approximate surface area is 196 Å². The van der Waals surface area contributed by atoms with Crippen molar-refractivity contribution in [2.75, 3.05) is 60.1 Å². The van der Waals surface area contributed by atoms with Gasteiger partial charge in [-0.05, 0) is 51.1 Å². The molecule has 0 aliphatic carbocycles. The van der Waals surface area contributed by atoms with Crippen molar-refractivity contribution in [2.45, 2.75) is 70.9 Å². The van der Waals surface area contributed by atoms with Crippen molar-refractivity contribution in [1.29, 1.82) is 0 Å². The van der Waals surface area contributed by atoms with Crippen LogP contribution in [-0.2, 0) is 9.47 Å². The normalized spacial score (nSPS) is 20.2. The van der Waals surface area contributed by atoms with Gasteiger partial charge in [0.15, 0.2) is 5.96 Å². The smallest absolute Gasteiger partial charge is 0.193 e. The SMILES string of the molecule is CCC(CC)C(CNC(=NC)N1CCC(OCCCOC)CC1)N1CCCC1.I. The lowest BCUT2D eigenvalue weighted by Gasteiger charge is -2.37. The quantitative estimate of drug-likeness (QED) is 0.194. The second kappa shape index (κ2) is 15.6. The fourth-order valence-corrected chi connectivity index (χ4v) is 4.72. The maximum Gasteiger partial charge on any atom is 0.193 e. The monoisotopic (exact) mass is 524 g/mol. The van der Waals surface area contributed by atoms with Crippen LogP contribution in [0.15, 0.2) is 4.99 Å². The molecule has 1 unspecified atom stereocenters. The molecule has 2 heterocycles. The molecule has 2 aliphatic heterocycles. The van der Waals surface area contributed by atoms with Crippen LogP contribution in [0.3, 0.4) is 0 Å². The summed E-state index contributed by atoms with van der Waals surface area (Å²) in [4.78, 5) is 9.70. The van der Waals surface area contributed by atoms with E-state index in [1.54, 1.807) is 7.11 Å². The molecule has 2 fully saturated rings. The average Bonchev–Trinajstić information content (AvgIpc) is 3.26. The lowest BCUT2D eigenvalue weighted by Crippen LogP contribution is -2.52.